The molecule has 0 bridgehead atoms. The molecule has 0 saturated carbocycles. The van der Waals surface area contributed by atoms with Crippen molar-refractivity contribution in [2.45, 2.75) is 19.4 Å². The van der Waals surface area contributed by atoms with E-state index in [-0.39, 0.29) is 18.1 Å². The molecule has 0 radical (unpaired) electrons. The molecule has 0 aliphatic carbocycles. The minimum absolute atomic E-state index is 0.126. The molecule has 2 aromatic carbocycles. The fourth-order valence-corrected chi connectivity index (χ4v) is 3.38. The number of benzene rings is 2. The number of carbonyl (C=O) groups is 1. The number of fused-ring (bicyclic) bond motifs is 2. The molecule has 0 amide bonds. The quantitative estimate of drug-likeness (QED) is 0.444. The molecular formula is C23H22O7. The summed E-state index contributed by atoms with van der Waals surface area (Å²) in [5.74, 6) is 1.71. The summed E-state index contributed by atoms with van der Waals surface area (Å²) < 4.78 is 27.6. The number of aliphatic hydroxyl groups excluding tert-OH is 1. The second kappa shape index (κ2) is 7.33. The second-order valence-corrected chi connectivity index (χ2v) is 7.40. The molecule has 0 saturated heterocycles. The van der Waals surface area contributed by atoms with Crippen molar-refractivity contribution in [2.24, 2.45) is 0 Å². The smallest absolute Gasteiger partial charge is 0.231 e. The minimum atomic E-state index is -0.520. The third-order valence-corrected chi connectivity index (χ3v) is 4.88. The van der Waals surface area contributed by atoms with Crippen molar-refractivity contribution < 1.29 is 33.6 Å². The van der Waals surface area contributed by atoms with Gasteiger partial charge in [0.15, 0.2) is 28.8 Å². The molecule has 2 aromatic rings. The SMILES string of the molecule is COc1cc(C(=O)/C=C(\O)c2ccc3c(c2)OCO3)c(OC)c2c1OC(C)(C)C=C2. The number of methoxy groups -OCH3 is 2. The van der Waals surface area contributed by atoms with Crippen LogP contribution in [0, 0.1) is 0 Å². The zero-order chi connectivity index (χ0) is 21.5. The monoisotopic (exact) mass is 410 g/mol. The summed E-state index contributed by atoms with van der Waals surface area (Å²) in [4.78, 5) is 13.0. The van der Waals surface area contributed by atoms with Gasteiger partial charge in [-0.25, -0.2) is 0 Å². The number of carbonyl (C=O) groups excluding carboxylic acids is 1. The third-order valence-electron chi connectivity index (χ3n) is 4.88. The van der Waals surface area contributed by atoms with Crippen molar-refractivity contribution >= 4 is 17.6 Å². The van der Waals surface area contributed by atoms with Crippen LogP contribution in [0.3, 0.4) is 0 Å². The van der Waals surface area contributed by atoms with Gasteiger partial charge in [-0.05, 0) is 50.3 Å². The molecule has 0 spiro atoms. The minimum Gasteiger partial charge on any atom is -0.507 e. The molecule has 7 heteroatoms. The molecule has 4 rings (SSSR count). The predicted molar refractivity (Wildman–Crippen MR) is 111 cm³/mol. The Morgan fingerprint density at radius 1 is 1.13 bits per heavy atom. The van der Waals surface area contributed by atoms with E-state index in [1.807, 2.05) is 26.0 Å². The van der Waals surface area contributed by atoms with Gasteiger partial charge in [0.1, 0.15) is 17.1 Å². The highest BCUT2D eigenvalue weighted by Gasteiger charge is 2.30. The van der Waals surface area contributed by atoms with Gasteiger partial charge >= 0.3 is 0 Å². The molecule has 1 N–H and O–H groups in total. The van der Waals surface area contributed by atoms with E-state index in [1.165, 1.54) is 14.2 Å². The summed E-state index contributed by atoms with van der Waals surface area (Å²) in [7, 11) is 2.98. The van der Waals surface area contributed by atoms with E-state index in [1.54, 1.807) is 24.3 Å². The van der Waals surface area contributed by atoms with E-state index >= 15 is 0 Å². The van der Waals surface area contributed by atoms with Crippen LogP contribution < -0.4 is 23.7 Å². The number of aliphatic hydroxyl groups is 1. The third kappa shape index (κ3) is 3.43. The van der Waals surface area contributed by atoms with Crippen molar-refractivity contribution in [3.8, 4) is 28.7 Å². The van der Waals surface area contributed by atoms with Crippen LogP contribution in [0.15, 0.2) is 36.4 Å². The highest BCUT2D eigenvalue weighted by Crippen LogP contribution is 2.46. The Hall–Kier alpha value is -3.61. The van der Waals surface area contributed by atoms with Crippen LogP contribution in [0.4, 0.5) is 0 Å². The maximum Gasteiger partial charge on any atom is 0.231 e. The number of allylic oxidation sites excluding steroid dienone is 1. The lowest BCUT2D eigenvalue weighted by Gasteiger charge is -2.30. The van der Waals surface area contributed by atoms with Crippen molar-refractivity contribution in [2.75, 3.05) is 21.0 Å². The van der Waals surface area contributed by atoms with Gasteiger partial charge in [0.05, 0.1) is 25.3 Å². The van der Waals surface area contributed by atoms with E-state index in [0.29, 0.717) is 39.9 Å². The van der Waals surface area contributed by atoms with Crippen LogP contribution in [-0.4, -0.2) is 37.5 Å². The number of ether oxygens (including phenoxy) is 5. The largest absolute Gasteiger partial charge is 0.507 e. The Bertz CT molecular complexity index is 1080. The summed E-state index contributed by atoms with van der Waals surface area (Å²) in [5, 5.41) is 10.5. The van der Waals surface area contributed by atoms with Gasteiger partial charge in [-0.15, -0.1) is 0 Å². The number of hydrogen-bond acceptors (Lipinski definition) is 7. The Morgan fingerprint density at radius 2 is 1.90 bits per heavy atom. The van der Waals surface area contributed by atoms with Crippen molar-refractivity contribution in [3.05, 3.63) is 53.1 Å². The molecule has 0 unspecified atom stereocenters. The Balaban J connectivity index is 1.74. The van der Waals surface area contributed by atoms with Crippen LogP contribution in [0.2, 0.25) is 0 Å². The van der Waals surface area contributed by atoms with E-state index in [9.17, 15) is 9.90 Å². The van der Waals surface area contributed by atoms with Crippen LogP contribution >= 0.6 is 0 Å². The van der Waals surface area contributed by atoms with Gasteiger partial charge in [0.2, 0.25) is 6.79 Å². The molecule has 7 nitrogen and oxygen atoms in total. The standard InChI is InChI=1S/C23H22O7/c1-23(2)8-7-14-21(27-4)15(10-20(26-3)22(14)30-23)17(25)11-16(24)13-5-6-18-19(9-13)29-12-28-18/h5-11,24H,12H2,1-4H3/b16-11-. The van der Waals surface area contributed by atoms with Crippen LogP contribution in [0.1, 0.15) is 35.3 Å². The fraction of sp³-hybridized carbons (Fsp3) is 0.261. The molecular weight excluding hydrogens is 388 g/mol. The molecule has 2 aliphatic rings. The first kappa shape index (κ1) is 19.7. The average Bonchev–Trinajstić information content (AvgIpc) is 3.19. The van der Waals surface area contributed by atoms with Gasteiger partial charge in [-0.2, -0.15) is 0 Å². The number of ketones is 1. The maximum absolute atomic E-state index is 13.0. The van der Waals surface area contributed by atoms with Gasteiger partial charge < -0.3 is 28.8 Å². The first-order valence-electron chi connectivity index (χ1n) is 9.35. The molecule has 156 valence electrons. The van der Waals surface area contributed by atoms with Gasteiger partial charge in [0.25, 0.3) is 0 Å². The summed E-state index contributed by atoms with van der Waals surface area (Å²) in [6.07, 6.45) is 4.86. The molecule has 2 aliphatic heterocycles. The summed E-state index contributed by atoms with van der Waals surface area (Å²) >= 11 is 0. The predicted octanol–water partition coefficient (Wildman–Crippen LogP) is 4.40. The fourth-order valence-electron chi connectivity index (χ4n) is 3.38. The van der Waals surface area contributed by atoms with Crippen LogP contribution in [0.25, 0.3) is 11.8 Å². The van der Waals surface area contributed by atoms with E-state index in [0.717, 1.165) is 6.08 Å². The Kier molecular flexibility index (Phi) is 4.81. The molecule has 0 fully saturated rings. The Labute approximate surface area is 174 Å². The average molecular weight is 410 g/mol. The summed E-state index contributed by atoms with van der Waals surface area (Å²) in [5.41, 5.74) is 0.763. The molecule has 30 heavy (non-hydrogen) atoms. The second-order valence-electron chi connectivity index (χ2n) is 7.40. The molecule has 2 heterocycles. The van der Waals surface area contributed by atoms with Crippen molar-refractivity contribution in [3.63, 3.8) is 0 Å². The number of hydrogen-bond donors (Lipinski definition) is 1. The first-order valence-corrected chi connectivity index (χ1v) is 9.35. The molecule has 0 atom stereocenters. The normalized spacial score (nSPS) is 15.9. The van der Waals surface area contributed by atoms with Gasteiger partial charge in [-0.1, -0.05) is 0 Å². The van der Waals surface area contributed by atoms with E-state index in [4.69, 9.17) is 23.7 Å². The van der Waals surface area contributed by atoms with Crippen molar-refractivity contribution in [1.82, 2.24) is 0 Å². The zero-order valence-electron chi connectivity index (χ0n) is 17.1. The van der Waals surface area contributed by atoms with Crippen LogP contribution in [-0.2, 0) is 0 Å². The highest BCUT2D eigenvalue weighted by molar-refractivity contribution is 6.11. The summed E-state index contributed by atoms with van der Waals surface area (Å²) in [6.45, 7) is 3.97. The number of rotatable bonds is 5. The lowest BCUT2D eigenvalue weighted by atomic mass is 9.97. The van der Waals surface area contributed by atoms with Crippen LogP contribution in [0.5, 0.6) is 28.7 Å². The van der Waals surface area contributed by atoms with Gasteiger partial charge in [-0.3, -0.25) is 4.79 Å². The Morgan fingerprint density at radius 3 is 2.63 bits per heavy atom. The van der Waals surface area contributed by atoms with Crippen molar-refractivity contribution in [1.29, 1.82) is 0 Å². The van der Waals surface area contributed by atoms with E-state index in [2.05, 4.69) is 0 Å². The first-order chi connectivity index (χ1) is 14.3. The lowest BCUT2D eigenvalue weighted by molar-refractivity contribution is 0.104. The highest BCUT2D eigenvalue weighted by atomic mass is 16.7. The topological polar surface area (TPSA) is 83.5 Å². The zero-order valence-corrected chi connectivity index (χ0v) is 17.1. The maximum atomic E-state index is 13.0. The van der Waals surface area contributed by atoms with E-state index < -0.39 is 11.4 Å². The van der Waals surface area contributed by atoms with Gasteiger partial charge in [0, 0.05) is 11.6 Å². The summed E-state index contributed by atoms with van der Waals surface area (Å²) in [6, 6.07) is 6.50. The molecule has 0 aromatic heterocycles. The lowest BCUT2D eigenvalue weighted by Crippen LogP contribution is -2.28.